The molecule has 3 aliphatic rings. The number of anilines is 1. The summed E-state index contributed by atoms with van der Waals surface area (Å²) in [5.41, 5.74) is 8.65. The lowest BCUT2D eigenvalue weighted by atomic mass is 9.97. The van der Waals surface area contributed by atoms with Gasteiger partial charge in [-0.2, -0.15) is 8.42 Å². The van der Waals surface area contributed by atoms with Crippen molar-refractivity contribution in [3.05, 3.63) is 11.1 Å². The zero-order valence-corrected chi connectivity index (χ0v) is 23.2. The summed E-state index contributed by atoms with van der Waals surface area (Å²) in [7, 11) is -5.11. The van der Waals surface area contributed by atoms with Gasteiger partial charge in [0.05, 0.1) is 19.1 Å². The lowest BCUT2D eigenvalue weighted by Crippen LogP contribution is -2.74. The Hall–Kier alpha value is -4.28. The average molecular weight is 634 g/mol. The Kier molecular flexibility index (Phi) is 8.70. The zero-order valence-electron chi connectivity index (χ0n) is 21.6. The van der Waals surface area contributed by atoms with Crippen molar-refractivity contribution in [3.63, 3.8) is 0 Å². The number of aliphatic carboxylic acids is 1. The van der Waals surface area contributed by atoms with E-state index in [0.717, 1.165) is 16.2 Å². The summed E-state index contributed by atoms with van der Waals surface area (Å²) in [5, 5.41) is 21.6. The van der Waals surface area contributed by atoms with Gasteiger partial charge < -0.3 is 47.0 Å². The molecule has 230 valence electrons. The second-order valence-electron chi connectivity index (χ2n) is 9.37. The largest absolute Gasteiger partial charge is 0.478 e. The van der Waals surface area contributed by atoms with Crippen LogP contribution in [-0.2, 0) is 34.3 Å². The first-order valence-electron chi connectivity index (χ1n) is 12.3. The number of aromatic nitrogens is 1. The molecule has 1 aromatic rings. The fourth-order valence-electron chi connectivity index (χ4n) is 4.05. The maximum Gasteiger partial charge on any atom is 0.410 e. The number of carbonyl (C=O) groups excluding carboxylic acids is 4. The van der Waals surface area contributed by atoms with E-state index in [-0.39, 0.29) is 54.2 Å². The third kappa shape index (κ3) is 6.61. The third-order valence-corrected chi connectivity index (χ3v) is 7.99. The first-order valence-corrected chi connectivity index (χ1v) is 14.5. The number of carbonyl (C=O) groups is 5. The number of amides is 5. The highest BCUT2D eigenvalue weighted by molar-refractivity contribution is 7.84. The van der Waals surface area contributed by atoms with Gasteiger partial charge >= 0.3 is 28.4 Å². The molecule has 20 nitrogen and oxygen atoms in total. The van der Waals surface area contributed by atoms with Crippen LogP contribution >= 0.6 is 11.3 Å². The topological polar surface area (TPSA) is 298 Å². The number of hydrogen-bond acceptors (Lipinski definition) is 14. The van der Waals surface area contributed by atoms with Crippen molar-refractivity contribution in [3.8, 4) is 0 Å². The molecule has 1 aliphatic carbocycles. The van der Waals surface area contributed by atoms with Crippen LogP contribution in [0.2, 0.25) is 0 Å². The van der Waals surface area contributed by atoms with E-state index in [1.165, 1.54) is 5.38 Å². The molecule has 1 aromatic heterocycles. The van der Waals surface area contributed by atoms with Crippen LogP contribution in [0, 0.1) is 0 Å². The molecule has 5 amide bonds. The molecule has 22 heteroatoms. The van der Waals surface area contributed by atoms with Crippen molar-refractivity contribution >= 4 is 62.4 Å². The van der Waals surface area contributed by atoms with Crippen LogP contribution in [0.25, 0.3) is 0 Å². The van der Waals surface area contributed by atoms with Crippen LogP contribution in [0.5, 0.6) is 0 Å². The average Bonchev–Trinajstić information content (AvgIpc) is 3.47. The first kappa shape index (κ1) is 30.7. The number of nitrogens with two attached hydrogens (primary N) is 2. The van der Waals surface area contributed by atoms with Gasteiger partial charge in [0.1, 0.15) is 17.8 Å². The number of cyclic esters (lactones) is 1. The molecule has 0 spiro atoms. The number of hydrogen-bond donors (Lipinski definition) is 7. The molecule has 1 saturated carbocycles. The molecule has 2 saturated heterocycles. The van der Waals surface area contributed by atoms with Crippen molar-refractivity contribution < 1.29 is 51.6 Å². The number of β-lactam (4-membered cyclic amide) rings is 1. The van der Waals surface area contributed by atoms with Crippen LogP contribution in [-0.4, -0.2) is 124 Å². The van der Waals surface area contributed by atoms with Gasteiger partial charge in [-0.1, -0.05) is 5.16 Å². The van der Waals surface area contributed by atoms with Gasteiger partial charge in [-0.3, -0.25) is 14.1 Å². The predicted octanol–water partition coefficient (Wildman–Crippen LogP) is -3.36. The van der Waals surface area contributed by atoms with E-state index in [2.05, 4.69) is 26.1 Å². The number of oxime groups is 1. The maximum absolute atomic E-state index is 13.2. The first-order chi connectivity index (χ1) is 19.8. The van der Waals surface area contributed by atoms with Crippen molar-refractivity contribution in [2.75, 3.05) is 38.5 Å². The molecule has 0 bridgehead atoms. The fourth-order valence-corrected chi connectivity index (χ4v) is 5.47. The number of nitrogen functional groups attached to an aromatic ring is 1. The Balaban J connectivity index is 1.47. The van der Waals surface area contributed by atoms with Crippen LogP contribution < -0.4 is 27.4 Å². The normalized spacial score (nSPS) is 23.1. The molecule has 42 heavy (non-hydrogen) atoms. The molecule has 9 N–H and O–H groups in total. The van der Waals surface area contributed by atoms with Gasteiger partial charge in [-0.15, -0.1) is 11.3 Å². The van der Waals surface area contributed by atoms with Crippen LogP contribution in [0.15, 0.2) is 10.5 Å². The van der Waals surface area contributed by atoms with E-state index in [4.69, 9.17) is 21.0 Å². The molecule has 2 aliphatic heterocycles. The van der Waals surface area contributed by atoms with E-state index < -0.39 is 76.3 Å². The Morgan fingerprint density at radius 1 is 1.29 bits per heavy atom. The summed E-state index contributed by atoms with van der Waals surface area (Å²) in [4.78, 5) is 71.6. The number of rotatable bonds is 13. The number of nitrogens with one attached hydrogen (secondary N) is 3. The van der Waals surface area contributed by atoms with E-state index in [1.54, 1.807) is 0 Å². The Morgan fingerprint density at radius 2 is 2.00 bits per heavy atom. The molecule has 0 radical (unpaired) electrons. The summed E-state index contributed by atoms with van der Waals surface area (Å²) in [6.07, 6.45) is -1.47. The second-order valence-corrected chi connectivity index (χ2v) is 11.5. The lowest BCUT2D eigenvalue weighted by molar-refractivity contribution is -0.153. The van der Waals surface area contributed by atoms with Gasteiger partial charge in [0, 0.05) is 37.9 Å². The molecule has 3 heterocycles. The highest BCUT2D eigenvalue weighted by atomic mass is 32.2. The van der Waals surface area contributed by atoms with E-state index >= 15 is 0 Å². The summed E-state index contributed by atoms with van der Waals surface area (Å²) in [6.45, 7) is -0.302. The van der Waals surface area contributed by atoms with Crippen molar-refractivity contribution in [1.82, 2.24) is 30.1 Å². The van der Waals surface area contributed by atoms with E-state index in [0.29, 0.717) is 0 Å². The minimum atomic E-state index is -5.11. The standard InChI is InChI=1S/C20H27N9O11S2/c21-3-4-23-18(34)24-5-9-6-28(19(35)39-9)7-11-13(15(31)29(11)42(36,37)38)26-14(30)12(10-8-41-17(22)25-10)27-40-20(1-2-20)16(32)33/h8-9,11,13H,1-7,21H2,(H2,22,25)(H,26,30)(H,32,33)(H2,23,24,34)(H,36,37,38)/t9?,11-,13+/m1/s1. The highest BCUT2D eigenvalue weighted by Gasteiger charge is 2.56. The summed E-state index contributed by atoms with van der Waals surface area (Å²) >= 11 is 0.933. The number of ether oxygens (including phenoxy) is 1. The number of carboxylic acid groups (broad SMARTS) is 1. The smallest absolute Gasteiger partial charge is 0.410 e. The molecular formula is C20H27N9O11S2. The van der Waals surface area contributed by atoms with Crippen molar-refractivity contribution in [2.45, 2.75) is 36.6 Å². The van der Waals surface area contributed by atoms with Crippen LogP contribution in [0.4, 0.5) is 14.7 Å². The maximum atomic E-state index is 13.2. The SMILES string of the molecule is NCCNC(=O)NCC1CN(C[C@@H]2[C@H](NC(=O)C(=NOC3(C(=O)O)CC3)c3csc(N)n3)C(=O)N2S(=O)(=O)O)C(=O)O1. The Labute approximate surface area is 241 Å². The monoisotopic (exact) mass is 633 g/mol. The predicted molar refractivity (Wildman–Crippen MR) is 140 cm³/mol. The third-order valence-electron chi connectivity index (χ3n) is 6.37. The lowest BCUT2D eigenvalue weighted by Gasteiger charge is -2.45. The van der Waals surface area contributed by atoms with Gasteiger partial charge in [0.25, 0.3) is 11.8 Å². The van der Waals surface area contributed by atoms with E-state index in [1.807, 2.05) is 0 Å². The van der Waals surface area contributed by atoms with Crippen molar-refractivity contribution in [1.29, 1.82) is 0 Å². The second kappa shape index (κ2) is 11.9. The van der Waals surface area contributed by atoms with E-state index in [9.17, 15) is 42.0 Å². The quantitative estimate of drug-likeness (QED) is 0.0483. The minimum Gasteiger partial charge on any atom is -0.478 e. The molecule has 3 fully saturated rings. The summed E-state index contributed by atoms with van der Waals surface area (Å²) < 4.78 is 38.7. The summed E-state index contributed by atoms with van der Waals surface area (Å²) in [5.74, 6) is -3.63. The van der Waals surface area contributed by atoms with Gasteiger partial charge in [-0.25, -0.2) is 23.7 Å². The molecule has 0 aromatic carbocycles. The number of urea groups is 1. The molecule has 3 atom stereocenters. The van der Waals surface area contributed by atoms with Gasteiger partial charge in [0.2, 0.25) is 5.60 Å². The highest BCUT2D eigenvalue weighted by Crippen LogP contribution is 2.40. The summed E-state index contributed by atoms with van der Waals surface area (Å²) in [6, 6.07) is -3.61. The zero-order chi connectivity index (χ0) is 30.8. The fraction of sp³-hybridized carbons (Fsp3) is 0.550. The van der Waals surface area contributed by atoms with Crippen LogP contribution in [0.3, 0.4) is 0 Å². The number of carboxylic acids is 1. The molecular weight excluding hydrogens is 606 g/mol. The number of thiazole rings is 1. The molecule has 4 rings (SSSR count). The van der Waals surface area contributed by atoms with Gasteiger partial charge in [0.15, 0.2) is 10.8 Å². The number of nitrogens with zero attached hydrogens (tertiary/aromatic N) is 4. The Bertz CT molecular complexity index is 1410. The van der Waals surface area contributed by atoms with Crippen LogP contribution in [0.1, 0.15) is 18.5 Å². The minimum absolute atomic E-state index is 0.0356. The molecule has 1 unspecified atom stereocenters. The Morgan fingerprint density at radius 3 is 2.57 bits per heavy atom. The van der Waals surface area contributed by atoms with Gasteiger partial charge in [-0.05, 0) is 0 Å². The van der Waals surface area contributed by atoms with Crippen molar-refractivity contribution in [2.24, 2.45) is 10.9 Å².